The maximum atomic E-state index is 10.5. The van der Waals surface area contributed by atoms with Crippen molar-refractivity contribution in [2.24, 2.45) is 0 Å². The van der Waals surface area contributed by atoms with Gasteiger partial charge in [-0.05, 0) is 26.0 Å². The van der Waals surface area contributed by atoms with E-state index in [1.807, 2.05) is 19.5 Å². The highest BCUT2D eigenvalue weighted by molar-refractivity contribution is 6.45. The Morgan fingerprint density at radius 2 is 2.00 bits per heavy atom. The second-order valence-electron chi connectivity index (χ2n) is 3.71. The first-order chi connectivity index (χ1) is 7.44. The van der Waals surface area contributed by atoms with Crippen molar-refractivity contribution in [3.63, 3.8) is 0 Å². The van der Waals surface area contributed by atoms with Crippen molar-refractivity contribution in [2.45, 2.75) is 19.1 Å². The minimum absolute atomic E-state index is 0.0660. The number of nitro groups is 1. The summed E-state index contributed by atoms with van der Waals surface area (Å²) in [5.74, 6) is 0.630. The number of rotatable bonds is 5. The summed E-state index contributed by atoms with van der Waals surface area (Å²) in [6.45, 7) is 7.57. The van der Waals surface area contributed by atoms with Crippen molar-refractivity contribution in [1.82, 2.24) is 0 Å². The summed E-state index contributed by atoms with van der Waals surface area (Å²) in [4.78, 5) is 10.0. The third-order valence-corrected chi connectivity index (χ3v) is 2.87. The minimum Gasteiger partial charge on any atom is -0.492 e. The highest BCUT2D eigenvalue weighted by atomic mass is 28.2. The van der Waals surface area contributed by atoms with Gasteiger partial charge in [-0.2, -0.15) is 0 Å². The van der Waals surface area contributed by atoms with Gasteiger partial charge in [0.05, 0.1) is 10.1 Å². The lowest BCUT2D eigenvalue weighted by Crippen LogP contribution is -2.34. The van der Waals surface area contributed by atoms with Crippen LogP contribution in [0.2, 0.25) is 0 Å². The molecule has 0 amide bonds. The van der Waals surface area contributed by atoms with Gasteiger partial charge in [-0.15, -0.1) is 12.3 Å². The Labute approximate surface area is 96.9 Å². The molecular weight excluding hydrogens is 222 g/mol. The summed E-state index contributed by atoms with van der Waals surface area (Å²) in [5.41, 5.74) is 1.88. The SMILES string of the molecule is C=C[Si]C(C)(C)Oc1ccc([N+](=O)[O-])cc1. The van der Waals surface area contributed by atoms with Crippen LogP contribution in [0.3, 0.4) is 0 Å². The zero-order chi connectivity index (χ0) is 12.2. The monoisotopic (exact) mass is 235 g/mol. The molecule has 0 saturated heterocycles. The van der Waals surface area contributed by atoms with Crippen LogP contribution in [0.15, 0.2) is 36.5 Å². The van der Waals surface area contributed by atoms with Crippen molar-refractivity contribution in [1.29, 1.82) is 0 Å². The van der Waals surface area contributed by atoms with Gasteiger partial charge in [0.1, 0.15) is 15.3 Å². The zero-order valence-corrected chi connectivity index (χ0v) is 10.3. The first kappa shape index (κ1) is 12.4. The number of ether oxygens (including phenoxy) is 1. The summed E-state index contributed by atoms with van der Waals surface area (Å²) in [7, 11) is 0.467. The van der Waals surface area contributed by atoms with Crippen molar-refractivity contribution in [2.75, 3.05) is 0 Å². The zero-order valence-electron chi connectivity index (χ0n) is 9.27. The largest absolute Gasteiger partial charge is 0.492 e. The maximum absolute atomic E-state index is 10.5. The Hall–Kier alpha value is -1.62. The molecule has 0 aliphatic rings. The molecule has 0 spiro atoms. The third-order valence-electron chi connectivity index (χ3n) is 1.87. The van der Waals surface area contributed by atoms with E-state index < -0.39 is 4.92 Å². The summed E-state index contributed by atoms with van der Waals surface area (Å²) < 4.78 is 5.70. The van der Waals surface area contributed by atoms with Crippen LogP contribution in [-0.4, -0.2) is 19.7 Å². The normalized spacial score (nSPS) is 10.9. The molecule has 5 heteroatoms. The van der Waals surface area contributed by atoms with E-state index in [1.165, 1.54) is 12.1 Å². The average Bonchev–Trinajstić information content (AvgIpc) is 2.17. The molecule has 0 unspecified atom stereocenters. The highest BCUT2D eigenvalue weighted by Gasteiger charge is 2.19. The van der Waals surface area contributed by atoms with Crippen LogP contribution in [0.25, 0.3) is 0 Å². The van der Waals surface area contributed by atoms with Gasteiger partial charge in [0.15, 0.2) is 0 Å². The van der Waals surface area contributed by atoms with E-state index >= 15 is 0 Å². The molecule has 4 nitrogen and oxygen atoms in total. The Bertz CT molecular complexity index is 387. The van der Waals surface area contributed by atoms with Crippen LogP contribution >= 0.6 is 0 Å². The Morgan fingerprint density at radius 3 is 2.44 bits per heavy atom. The van der Waals surface area contributed by atoms with Crippen molar-refractivity contribution >= 4 is 15.2 Å². The summed E-state index contributed by atoms with van der Waals surface area (Å²) in [6, 6.07) is 6.08. The molecule has 0 bridgehead atoms. The molecule has 0 aliphatic heterocycles. The first-order valence-electron chi connectivity index (χ1n) is 4.77. The van der Waals surface area contributed by atoms with Gasteiger partial charge in [0, 0.05) is 12.1 Å². The second-order valence-corrected chi connectivity index (χ2v) is 5.61. The van der Waals surface area contributed by atoms with Crippen LogP contribution in [0.5, 0.6) is 5.75 Å². The second kappa shape index (κ2) is 4.94. The molecule has 0 fully saturated rings. The molecule has 2 radical (unpaired) electrons. The van der Waals surface area contributed by atoms with Gasteiger partial charge in [0.2, 0.25) is 0 Å². The van der Waals surface area contributed by atoms with Gasteiger partial charge in [0.25, 0.3) is 5.69 Å². The average molecular weight is 235 g/mol. The standard InChI is InChI=1S/C11H13NO3Si/c1-4-16-11(2,3)15-10-7-5-9(6-8-10)12(13)14/h4-8H,1H2,2-3H3. The number of hydrogen-bond acceptors (Lipinski definition) is 3. The van der Waals surface area contributed by atoms with Crippen LogP contribution in [0.1, 0.15) is 13.8 Å². The fourth-order valence-electron chi connectivity index (χ4n) is 1.21. The summed E-state index contributed by atoms with van der Waals surface area (Å²) in [6.07, 6.45) is 0. The fourth-order valence-corrected chi connectivity index (χ4v) is 1.87. The van der Waals surface area contributed by atoms with Gasteiger partial charge in [-0.3, -0.25) is 10.1 Å². The number of hydrogen-bond donors (Lipinski definition) is 0. The van der Waals surface area contributed by atoms with Crippen LogP contribution in [-0.2, 0) is 0 Å². The van der Waals surface area contributed by atoms with Crippen LogP contribution in [0.4, 0.5) is 5.69 Å². The van der Waals surface area contributed by atoms with Crippen molar-refractivity contribution in [3.05, 3.63) is 46.7 Å². The lowest BCUT2D eigenvalue weighted by atomic mass is 10.3. The molecule has 1 aromatic carbocycles. The van der Waals surface area contributed by atoms with Crippen LogP contribution in [0, 0.1) is 10.1 Å². The molecule has 16 heavy (non-hydrogen) atoms. The van der Waals surface area contributed by atoms with Gasteiger partial charge in [-0.1, -0.05) is 0 Å². The maximum Gasteiger partial charge on any atom is 0.269 e. The van der Waals surface area contributed by atoms with E-state index in [0.717, 1.165) is 0 Å². The predicted molar refractivity (Wildman–Crippen MR) is 63.8 cm³/mol. The molecule has 0 saturated carbocycles. The van der Waals surface area contributed by atoms with Gasteiger partial charge >= 0.3 is 0 Å². The van der Waals surface area contributed by atoms with Crippen molar-refractivity contribution < 1.29 is 9.66 Å². The molecular formula is C11H13NO3Si. The fraction of sp³-hybridized carbons (Fsp3) is 0.273. The predicted octanol–water partition coefficient (Wildman–Crippen LogP) is 2.56. The van der Waals surface area contributed by atoms with E-state index in [9.17, 15) is 10.1 Å². The molecule has 1 aromatic rings. The Morgan fingerprint density at radius 1 is 1.44 bits per heavy atom. The molecule has 0 N–H and O–H groups in total. The van der Waals surface area contributed by atoms with Crippen LogP contribution < -0.4 is 4.74 Å². The highest BCUT2D eigenvalue weighted by Crippen LogP contribution is 2.21. The lowest BCUT2D eigenvalue weighted by Gasteiger charge is -2.24. The van der Waals surface area contributed by atoms with E-state index in [2.05, 4.69) is 6.58 Å². The molecule has 0 aliphatic carbocycles. The molecule has 0 heterocycles. The van der Waals surface area contributed by atoms with E-state index in [-0.39, 0.29) is 10.9 Å². The minimum atomic E-state index is -0.430. The third kappa shape index (κ3) is 3.51. The quantitative estimate of drug-likeness (QED) is 0.448. The number of non-ortho nitro benzene ring substituents is 1. The van der Waals surface area contributed by atoms with E-state index in [0.29, 0.717) is 15.3 Å². The lowest BCUT2D eigenvalue weighted by molar-refractivity contribution is -0.384. The Kier molecular flexibility index (Phi) is 3.84. The van der Waals surface area contributed by atoms with E-state index in [4.69, 9.17) is 4.74 Å². The number of benzene rings is 1. The Balaban J connectivity index is 2.75. The smallest absolute Gasteiger partial charge is 0.269 e. The van der Waals surface area contributed by atoms with Crippen molar-refractivity contribution in [3.8, 4) is 5.75 Å². The summed E-state index contributed by atoms with van der Waals surface area (Å²) in [5, 5.41) is 10.1. The number of nitro benzene ring substituents is 1. The van der Waals surface area contributed by atoms with Gasteiger partial charge < -0.3 is 4.74 Å². The number of nitrogens with zero attached hydrogens (tertiary/aromatic N) is 1. The van der Waals surface area contributed by atoms with Gasteiger partial charge in [-0.25, -0.2) is 0 Å². The first-order valence-corrected chi connectivity index (χ1v) is 5.84. The van der Waals surface area contributed by atoms with E-state index in [1.54, 1.807) is 12.1 Å². The summed E-state index contributed by atoms with van der Waals surface area (Å²) >= 11 is 0. The topological polar surface area (TPSA) is 52.4 Å². The molecule has 84 valence electrons. The molecule has 0 aromatic heterocycles. The molecule has 0 atom stereocenters. The molecule has 1 rings (SSSR count).